The molecular formula is C8H8ClNO5S2. The maximum atomic E-state index is 11.3. The van der Waals surface area contributed by atoms with Crippen LogP contribution in [0.25, 0.3) is 0 Å². The molecule has 0 saturated carbocycles. The van der Waals surface area contributed by atoms with Crippen LogP contribution in [0.5, 0.6) is 0 Å². The fraction of sp³-hybridized carbons (Fsp3) is 0.125. The van der Waals surface area contributed by atoms with Gasteiger partial charge in [-0.25, -0.2) is 16.8 Å². The third kappa shape index (κ3) is 3.42. The molecule has 1 aromatic carbocycles. The van der Waals surface area contributed by atoms with Gasteiger partial charge in [0.1, 0.15) is 0 Å². The molecular weight excluding hydrogens is 290 g/mol. The standard InChI is InChI=1S/C8H8ClNO5S2/c1-16(12,13)6-2-5(8(10)11)3-7(4-6)17(9,14)15/h2-4H,1H3,(H2,10,11). The third-order valence-corrected chi connectivity index (χ3v) is 4.30. The third-order valence-electron chi connectivity index (χ3n) is 1.87. The van der Waals surface area contributed by atoms with Crippen molar-refractivity contribution in [3.8, 4) is 0 Å². The van der Waals surface area contributed by atoms with Crippen molar-refractivity contribution in [2.45, 2.75) is 9.79 Å². The zero-order chi connectivity index (χ0) is 13.4. The Bertz CT molecular complexity index is 628. The summed E-state index contributed by atoms with van der Waals surface area (Å²) in [6.07, 6.45) is 0.873. The number of hydrogen-bond donors (Lipinski definition) is 1. The number of amides is 1. The minimum atomic E-state index is -4.14. The molecule has 0 bridgehead atoms. The molecule has 0 spiro atoms. The van der Waals surface area contributed by atoms with Crippen molar-refractivity contribution in [3.63, 3.8) is 0 Å². The Morgan fingerprint density at radius 2 is 1.59 bits per heavy atom. The van der Waals surface area contributed by atoms with Crippen LogP contribution in [0, 0.1) is 0 Å². The van der Waals surface area contributed by atoms with Gasteiger partial charge in [-0.05, 0) is 18.2 Å². The number of carbonyl (C=O) groups excluding carboxylic acids is 1. The van der Waals surface area contributed by atoms with Gasteiger partial charge >= 0.3 is 0 Å². The average Bonchev–Trinajstić information content (AvgIpc) is 2.14. The molecule has 0 heterocycles. The highest BCUT2D eigenvalue weighted by atomic mass is 35.7. The van der Waals surface area contributed by atoms with Crippen LogP contribution in [0.2, 0.25) is 0 Å². The second-order valence-electron chi connectivity index (χ2n) is 3.27. The minimum Gasteiger partial charge on any atom is -0.366 e. The van der Waals surface area contributed by atoms with Crippen molar-refractivity contribution >= 4 is 35.5 Å². The molecule has 1 rings (SSSR count). The summed E-state index contributed by atoms with van der Waals surface area (Å²) < 4.78 is 44.8. The van der Waals surface area contributed by atoms with Crippen molar-refractivity contribution in [2.24, 2.45) is 5.73 Å². The lowest BCUT2D eigenvalue weighted by Crippen LogP contribution is -2.13. The topological polar surface area (TPSA) is 111 Å². The highest BCUT2D eigenvalue weighted by Crippen LogP contribution is 2.21. The van der Waals surface area contributed by atoms with Gasteiger partial charge in [0, 0.05) is 22.5 Å². The number of rotatable bonds is 3. The lowest BCUT2D eigenvalue weighted by molar-refractivity contribution is 0.1000. The lowest BCUT2D eigenvalue weighted by Gasteiger charge is -2.04. The monoisotopic (exact) mass is 297 g/mol. The first kappa shape index (κ1) is 13.9. The summed E-state index contributed by atoms with van der Waals surface area (Å²) in [6, 6.07) is 2.77. The van der Waals surface area contributed by atoms with Gasteiger partial charge in [-0.1, -0.05) is 0 Å². The molecule has 94 valence electrons. The fourth-order valence-electron chi connectivity index (χ4n) is 1.07. The first-order valence-electron chi connectivity index (χ1n) is 4.11. The van der Waals surface area contributed by atoms with E-state index in [1.807, 2.05) is 0 Å². The molecule has 0 saturated heterocycles. The summed E-state index contributed by atoms with van der Waals surface area (Å²) in [5.41, 5.74) is 4.72. The van der Waals surface area contributed by atoms with Crippen LogP contribution in [0.1, 0.15) is 10.4 Å². The van der Waals surface area contributed by atoms with E-state index in [0.717, 1.165) is 24.5 Å². The molecule has 2 N–H and O–H groups in total. The summed E-state index contributed by atoms with van der Waals surface area (Å²) in [6.45, 7) is 0. The van der Waals surface area contributed by atoms with Gasteiger partial charge < -0.3 is 5.73 Å². The van der Waals surface area contributed by atoms with E-state index in [-0.39, 0.29) is 10.5 Å². The molecule has 9 heteroatoms. The molecule has 0 radical (unpaired) electrons. The number of halogens is 1. The van der Waals surface area contributed by atoms with Gasteiger partial charge in [0.15, 0.2) is 9.84 Å². The maximum absolute atomic E-state index is 11.3. The number of carbonyl (C=O) groups is 1. The number of benzene rings is 1. The van der Waals surface area contributed by atoms with E-state index in [1.165, 1.54) is 0 Å². The van der Waals surface area contributed by atoms with Crippen LogP contribution in [-0.4, -0.2) is 29.0 Å². The Kier molecular flexibility index (Phi) is 3.51. The molecule has 1 aromatic rings. The van der Waals surface area contributed by atoms with Gasteiger partial charge in [-0.3, -0.25) is 4.79 Å². The van der Waals surface area contributed by atoms with Crippen molar-refractivity contribution < 1.29 is 21.6 Å². The van der Waals surface area contributed by atoms with Gasteiger partial charge in [-0.15, -0.1) is 0 Å². The zero-order valence-electron chi connectivity index (χ0n) is 8.55. The van der Waals surface area contributed by atoms with Crippen LogP contribution in [0.3, 0.4) is 0 Å². The SMILES string of the molecule is CS(=O)(=O)c1cc(C(N)=O)cc(S(=O)(=O)Cl)c1. The van der Waals surface area contributed by atoms with E-state index in [1.54, 1.807) is 0 Å². The summed E-state index contributed by atoms with van der Waals surface area (Å²) in [5, 5.41) is 0. The zero-order valence-corrected chi connectivity index (χ0v) is 10.9. The van der Waals surface area contributed by atoms with Crippen molar-refractivity contribution in [2.75, 3.05) is 6.26 Å². The van der Waals surface area contributed by atoms with E-state index in [9.17, 15) is 21.6 Å². The first-order valence-corrected chi connectivity index (χ1v) is 8.31. The normalized spacial score (nSPS) is 12.4. The molecule has 17 heavy (non-hydrogen) atoms. The second kappa shape index (κ2) is 4.28. The van der Waals surface area contributed by atoms with Crippen LogP contribution in [0.4, 0.5) is 0 Å². The number of nitrogens with two attached hydrogens (primary N) is 1. The number of primary amides is 1. The smallest absolute Gasteiger partial charge is 0.261 e. The maximum Gasteiger partial charge on any atom is 0.261 e. The molecule has 0 unspecified atom stereocenters. The summed E-state index contributed by atoms with van der Waals surface area (Å²) >= 11 is 0. The van der Waals surface area contributed by atoms with Crippen molar-refractivity contribution in [1.82, 2.24) is 0 Å². The van der Waals surface area contributed by atoms with Crippen molar-refractivity contribution in [1.29, 1.82) is 0 Å². The summed E-state index contributed by atoms with van der Waals surface area (Å²) in [5.74, 6) is -0.947. The van der Waals surface area contributed by atoms with Gasteiger partial charge in [0.05, 0.1) is 9.79 Å². The van der Waals surface area contributed by atoms with Crippen LogP contribution in [-0.2, 0) is 18.9 Å². The first-order chi connectivity index (χ1) is 7.51. The molecule has 0 atom stereocenters. The molecule has 0 aliphatic heterocycles. The Balaban J connectivity index is 3.68. The number of sulfone groups is 1. The molecule has 0 aliphatic carbocycles. The Morgan fingerprint density at radius 1 is 1.12 bits per heavy atom. The summed E-state index contributed by atoms with van der Waals surface area (Å²) in [4.78, 5) is 10.1. The van der Waals surface area contributed by atoms with E-state index < -0.39 is 29.7 Å². The van der Waals surface area contributed by atoms with E-state index >= 15 is 0 Å². The van der Waals surface area contributed by atoms with Gasteiger partial charge in [0.25, 0.3) is 9.05 Å². The average molecular weight is 298 g/mol. The van der Waals surface area contributed by atoms with Gasteiger partial charge in [0.2, 0.25) is 5.91 Å². The second-order valence-corrected chi connectivity index (χ2v) is 7.85. The van der Waals surface area contributed by atoms with Crippen LogP contribution < -0.4 is 5.73 Å². The molecule has 0 aliphatic rings. The molecule has 0 aromatic heterocycles. The molecule has 1 amide bonds. The predicted molar refractivity (Wildman–Crippen MR) is 61.1 cm³/mol. The van der Waals surface area contributed by atoms with Crippen molar-refractivity contribution in [3.05, 3.63) is 23.8 Å². The molecule has 6 nitrogen and oxygen atoms in total. The Labute approximate surface area is 103 Å². The van der Waals surface area contributed by atoms with Crippen LogP contribution in [0.15, 0.2) is 28.0 Å². The fourth-order valence-corrected chi connectivity index (χ4v) is 2.63. The Hall–Kier alpha value is -1.12. The minimum absolute atomic E-state index is 0.243. The largest absolute Gasteiger partial charge is 0.366 e. The highest BCUT2D eigenvalue weighted by molar-refractivity contribution is 8.13. The summed E-state index contributed by atoms with van der Waals surface area (Å²) in [7, 11) is -2.73. The molecule has 0 fully saturated rings. The predicted octanol–water partition coefficient (Wildman–Crippen LogP) is 0.117. The number of hydrogen-bond acceptors (Lipinski definition) is 5. The van der Waals surface area contributed by atoms with Gasteiger partial charge in [-0.2, -0.15) is 0 Å². The van der Waals surface area contributed by atoms with Crippen LogP contribution >= 0.6 is 10.7 Å². The Morgan fingerprint density at radius 3 is 1.94 bits per heavy atom. The van der Waals surface area contributed by atoms with E-state index in [2.05, 4.69) is 0 Å². The van der Waals surface area contributed by atoms with E-state index in [0.29, 0.717) is 0 Å². The lowest BCUT2D eigenvalue weighted by atomic mass is 10.2. The van der Waals surface area contributed by atoms with E-state index in [4.69, 9.17) is 16.4 Å². The quantitative estimate of drug-likeness (QED) is 0.796. The highest BCUT2D eigenvalue weighted by Gasteiger charge is 2.18.